The van der Waals surface area contributed by atoms with E-state index in [4.69, 9.17) is 0 Å². The van der Waals surface area contributed by atoms with E-state index in [1.54, 1.807) is 0 Å². The van der Waals surface area contributed by atoms with E-state index >= 15 is 0 Å². The van der Waals surface area contributed by atoms with Gasteiger partial charge >= 0.3 is 5.97 Å². The third-order valence-corrected chi connectivity index (χ3v) is 4.37. The molecule has 4 nitrogen and oxygen atoms in total. The molecule has 1 amide bonds. The Morgan fingerprint density at radius 2 is 1.86 bits per heavy atom. The lowest BCUT2D eigenvalue weighted by Crippen LogP contribution is -2.32. The number of benzene rings is 1. The quantitative estimate of drug-likeness (QED) is 0.866. The van der Waals surface area contributed by atoms with Crippen LogP contribution in [0.1, 0.15) is 57.4 Å². The number of carboxylic acids is 1. The molecule has 2 rings (SSSR count). The first-order valence-electron chi connectivity index (χ1n) is 7.57. The summed E-state index contributed by atoms with van der Waals surface area (Å²) in [5.74, 6) is -0.735. The number of carbonyl (C=O) groups excluding carboxylic acids is 1. The molecule has 0 bridgehead atoms. The first-order chi connectivity index (χ1) is 9.94. The average Bonchev–Trinajstić information content (AvgIpc) is 2.88. The number of hydrogen-bond donors (Lipinski definition) is 2. The van der Waals surface area contributed by atoms with E-state index in [0.717, 1.165) is 24.1 Å². The van der Waals surface area contributed by atoms with E-state index in [2.05, 4.69) is 19.2 Å². The number of rotatable bonds is 5. The Bertz CT molecular complexity index is 531. The van der Waals surface area contributed by atoms with Crippen LogP contribution >= 0.6 is 0 Å². The fourth-order valence-corrected chi connectivity index (χ4v) is 3.13. The van der Waals surface area contributed by atoms with E-state index in [9.17, 15) is 14.7 Å². The third kappa shape index (κ3) is 3.43. The SMILES string of the molecule is CC(C)c1ccccc1NC(=O)CC1(C(=O)O)CCCC1. The van der Waals surface area contributed by atoms with Crippen molar-refractivity contribution in [3.63, 3.8) is 0 Å². The van der Waals surface area contributed by atoms with Gasteiger partial charge in [-0.25, -0.2) is 0 Å². The number of para-hydroxylation sites is 1. The molecule has 0 aliphatic heterocycles. The van der Waals surface area contributed by atoms with Crippen LogP contribution < -0.4 is 5.32 Å². The normalized spacial score (nSPS) is 16.9. The van der Waals surface area contributed by atoms with Crippen molar-refractivity contribution >= 4 is 17.6 Å². The topological polar surface area (TPSA) is 66.4 Å². The Morgan fingerprint density at radius 3 is 2.43 bits per heavy atom. The molecule has 1 aliphatic carbocycles. The number of carbonyl (C=O) groups is 2. The van der Waals surface area contributed by atoms with Crippen LogP contribution in [0, 0.1) is 5.41 Å². The van der Waals surface area contributed by atoms with Crippen LogP contribution in [0.5, 0.6) is 0 Å². The Balaban J connectivity index is 2.10. The van der Waals surface area contributed by atoms with E-state index in [1.807, 2.05) is 24.3 Å². The molecule has 1 aromatic carbocycles. The molecule has 1 saturated carbocycles. The van der Waals surface area contributed by atoms with Gasteiger partial charge in [0.2, 0.25) is 5.91 Å². The van der Waals surface area contributed by atoms with Crippen LogP contribution in [0.4, 0.5) is 5.69 Å². The van der Waals surface area contributed by atoms with Crippen LogP contribution in [0.2, 0.25) is 0 Å². The number of anilines is 1. The highest BCUT2D eigenvalue weighted by atomic mass is 16.4. The predicted octanol–water partition coefficient (Wildman–Crippen LogP) is 3.78. The lowest BCUT2D eigenvalue weighted by Gasteiger charge is -2.23. The Labute approximate surface area is 125 Å². The molecule has 0 saturated heterocycles. The van der Waals surface area contributed by atoms with Crippen LogP contribution in [-0.2, 0) is 9.59 Å². The van der Waals surface area contributed by atoms with Crippen LogP contribution in [-0.4, -0.2) is 17.0 Å². The van der Waals surface area contributed by atoms with Crippen molar-refractivity contribution in [1.29, 1.82) is 0 Å². The van der Waals surface area contributed by atoms with Crippen molar-refractivity contribution in [2.24, 2.45) is 5.41 Å². The van der Waals surface area contributed by atoms with E-state index < -0.39 is 11.4 Å². The molecule has 0 unspecified atom stereocenters. The van der Waals surface area contributed by atoms with E-state index in [-0.39, 0.29) is 12.3 Å². The van der Waals surface area contributed by atoms with Crippen molar-refractivity contribution in [1.82, 2.24) is 0 Å². The molecule has 0 atom stereocenters. The standard InChI is InChI=1S/C17H23NO3/c1-12(2)13-7-3-4-8-14(13)18-15(19)11-17(16(20)21)9-5-6-10-17/h3-4,7-8,12H,5-6,9-11H2,1-2H3,(H,18,19)(H,20,21). The minimum Gasteiger partial charge on any atom is -0.481 e. The molecular formula is C17H23NO3. The van der Waals surface area contributed by atoms with Gasteiger partial charge in [-0.3, -0.25) is 9.59 Å². The van der Waals surface area contributed by atoms with Crippen molar-refractivity contribution in [2.45, 2.75) is 51.9 Å². The molecule has 4 heteroatoms. The first kappa shape index (κ1) is 15.5. The number of carboxylic acid groups (broad SMARTS) is 1. The second kappa shape index (κ2) is 6.29. The average molecular weight is 289 g/mol. The summed E-state index contributed by atoms with van der Waals surface area (Å²) in [7, 11) is 0. The van der Waals surface area contributed by atoms with Gasteiger partial charge in [-0.05, 0) is 30.4 Å². The second-order valence-electron chi connectivity index (χ2n) is 6.26. The van der Waals surface area contributed by atoms with Gasteiger partial charge in [-0.2, -0.15) is 0 Å². The van der Waals surface area contributed by atoms with Crippen molar-refractivity contribution in [3.05, 3.63) is 29.8 Å². The maximum absolute atomic E-state index is 12.3. The molecule has 0 heterocycles. The number of amides is 1. The zero-order valence-electron chi connectivity index (χ0n) is 12.7. The zero-order chi connectivity index (χ0) is 15.5. The fraction of sp³-hybridized carbons (Fsp3) is 0.529. The summed E-state index contributed by atoms with van der Waals surface area (Å²) >= 11 is 0. The van der Waals surface area contributed by atoms with Crippen molar-refractivity contribution in [3.8, 4) is 0 Å². The maximum atomic E-state index is 12.3. The van der Waals surface area contributed by atoms with E-state index in [0.29, 0.717) is 18.8 Å². The molecule has 1 aliphatic rings. The molecule has 21 heavy (non-hydrogen) atoms. The predicted molar refractivity (Wildman–Crippen MR) is 82.3 cm³/mol. The monoisotopic (exact) mass is 289 g/mol. The minimum absolute atomic E-state index is 0.0642. The molecule has 0 spiro atoms. The van der Waals surface area contributed by atoms with E-state index in [1.165, 1.54) is 0 Å². The molecule has 1 aromatic rings. The third-order valence-electron chi connectivity index (χ3n) is 4.37. The molecular weight excluding hydrogens is 266 g/mol. The maximum Gasteiger partial charge on any atom is 0.310 e. The fourth-order valence-electron chi connectivity index (χ4n) is 3.13. The molecule has 0 radical (unpaired) electrons. The second-order valence-corrected chi connectivity index (χ2v) is 6.26. The van der Waals surface area contributed by atoms with Crippen LogP contribution in [0.3, 0.4) is 0 Å². The summed E-state index contributed by atoms with van der Waals surface area (Å²) in [5, 5.41) is 12.3. The van der Waals surface area contributed by atoms with Gasteiger partial charge < -0.3 is 10.4 Å². The number of nitrogens with one attached hydrogen (secondary N) is 1. The lowest BCUT2D eigenvalue weighted by atomic mass is 9.82. The van der Waals surface area contributed by atoms with Gasteiger partial charge in [-0.15, -0.1) is 0 Å². The van der Waals surface area contributed by atoms with Gasteiger partial charge in [-0.1, -0.05) is 44.9 Å². The largest absolute Gasteiger partial charge is 0.481 e. The summed E-state index contributed by atoms with van der Waals surface area (Å²) in [5.41, 5.74) is 0.995. The molecule has 2 N–H and O–H groups in total. The van der Waals surface area contributed by atoms with Gasteiger partial charge in [0.05, 0.1) is 5.41 Å². The Hall–Kier alpha value is -1.84. The summed E-state index contributed by atoms with van der Waals surface area (Å²) < 4.78 is 0. The summed E-state index contributed by atoms with van der Waals surface area (Å²) in [6, 6.07) is 7.68. The number of aliphatic carboxylic acids is 1. The number of hydrogen-bond acceptors (Lipinski definition) is 2. The van der Waals surface area contributed by atoms with Gasteiger partial charge in [0.25, 0.3) is 0 Å². The van der Waals surface area contributed by atoms with Crippen LogP contribution in [0.15, 0.2) is 24.3 Å². The summed E-state index contributed by atoms with van der Waals surface area (Å²) in [6.45, 7) is 4.14. The van der Waals surface area contributed by atoms with Crippen molar-refractivity contribution < 1.29 is 14.7 Å². The van der Waals surface area contributed by atoms with Gasteiger partial charge in [0.1, 0.15) is 0 Å². The smallest absolute Gasteiger partial charge is 0.310 e. The molecule has 1 fully saturated rings. The summed E-state index contributed by atoms with van der Waals surface area (Å²) in [4.78, 5) is 23.8. The van der Waals surface area contributed by atoms with Gasteiger partial charge in [0.15, 0.2) is 0 Å². The van der Waals surface area contributed by atoms with Crippen molar-refractivity contribution in [2.75, 3.05) is 5.32 Å². The summed E-state index contributed by atoms with van der Waals surface area (Å²) in [6.07, 6.45) is 3.04. The Morgan fingerprint density at radius 1 is 1.24 bits per heavy atom. The Kier molecular flexibility index (Phi) is 4.66. The minimum atomic E-state index is -0.864. The highest BCUT2D eigenvalue weighted by Gasteiger charge is 2.43. The van der Waals surface area contributed by atoms with Gasteiger partial charge in [0, 0.05) is 12.1 Å². The lowest BCUT2D eigenvalue weighted by molar-refractivity contribution is -0.150. The first-order valence-corrected chi connectivity index (χ1v) is 7.57. The molecule has 0 aromatic heterocycles. The van der Waals surface area contributed by atoms with Crippen LogP contribution in [0.25, 0.3) is 0 Å². The highest BCUT2D eigenvalue weighted by Crippen LogP contribution is 2.41. The zero-order valence-corrected chi connectivity index (χ0v) is 12.7. The molecule has 114 valence electrons. The highest BCUT2D eigenvalue weighted by molar-refractivity contribution is 5.95.